The number of hydrogen-bond acceptors (Lipinski definition) is 3. The number of amides is 1. The Morgan fingerprint density at radius 3 is 2.63 bits per heavy atom. The van der Waals surface area contributed by atoms with Gasteiger partial charge in [-0.1, -0.05) is 20.8 Å². The van der Waals surface area contributed by atoms with Crippen LogP contribution in [0.4, 0.5) is 0 Å². The molecular formula is C15H24N2O2. The summed E-state index contributed by atoms with van der Waals surface area (Å²) >= 11 is 0. The van der Waals surface area contributed by atoms with E-state index in [4.69, 9.17) is 0 Å². The van der Waals surface area contributed by atoms with E-state index in [9.17, 15) is 9.90 Å². The Morgan fingerprint density at radius 2 is 2.11 bits per heavy atom. The number of rotatable bonds is 6. The number of aliphatic hydroxyl groups is 1. The third-order valence-corrected chi connectivity index (χ3v) is 3.20. The van der Waals surface area contributed by atoms with Crippen molar-refractivity contribution in [1.29, 1.82) is 0 Å². The van der Waals surface area contributed by atoms with Gasteiger partial charge >= 0.3 is 0 Å². The Bertz CT molecular complexity index is 418. The van der Waals surface area contributed by atoms with Crippen LogP contribution in [-0.2, 0) is 4.79 Å². The molecule has 1 unspecified atom stereocenters. The average molecular weight is 264 g/mol. The molecule has 0 radical (unpaired) electrons. The lowest BCUT2D eigenvalue weighted by molar-refractivity contribution is -0.130. The number of carbonyl (C=O) groups excluding carboxylic acids is 1. The molecule has 0 aliphatic carbocycles. The number of aromatic nitrogens is 1. The van der Waals surface area contributed by atoms with Crippen molar-refractivity contribution >= 4 is 5.91 Å². The summed E-state index contributed by atoms with van der Waals surface area (Å²) < 4.78 is 0. The summed E-state index contributed by atoms with van der Waals surface area (Å²) in [6, 6.07) is 1.93. The largest absolute Gasteiger partial charge is 0.386 e. The summed E-state index contributed by atoms with van der Waals surface area (Å²) in [5.74, 6) is 0.320. The number of carbonyl (C=O) groups is 1. The Kier molecular flexibility index (Phi) is 5.96. The molecule has 0 bridgehead atoms. The number of aliphatic hydroxyl groups excluding tert-OH is 1. The van der Waals surface area contributed by atoms with Gasteiger partial charge in [-0.2, -0.15) is 0 Å². The van der Waals surface area contributed by atoms with E-state index < -0.39 is 6.10 Å². The van der Waals surface area contributed by atoms with Gasteiger partial charge in [0.15, 0.2) is 0 Å². The molecule has 1 heterocycles. The van der Waals surface area contributed by atoms with Crippen molar-refractivity contribution in [2.75, 3.05) is 13.1 Å². The van der Waals surface area contributed by atoms with Crippen molar-refractivity contribution in [3.05, 3.63) is 29.6 Å². The molecule has 0 saturated heterocycles. The zero-order valence-electron chi connectivity index (χ0n) is 12.3. The number of nitrogens with zero attached hydrogens (tertiary/aromatic N) is 2. The highest BCUT2D eigenvalue weighted by molar-refractivity contribution is 5.73. The fraction of sp³-hybridized carbons (Fsp3) is 0.600. The van der Waals surface area contributed by atoms with E-state index in [1.165, 1.54) is 6.92 Å². The van der Waals surface area contributed by atoms with E-state index in [1.807, 2.05) is 13.0 Å². The van der Waals surface area contributed by atoms with E-state index in [2.05, 4.69) is 18.8 Å². The maximum absolute atomic E-state index is 11.5. The topological polar surface area (TPSA) is 53.4 Å². The Labute approximate surface area is 115 Å². The molecule has 0 fully saturated rings. The first-order valence-corrected chi connectivity index (χ1v) is 6.84. The Balaban J connectivity index is 2.88. The molecule has 0 aliphatic heterocycles. The van der Waals surface area contributed by atoms with Gasteiger partial charge in [-0.15, -0.1) is 0 Å². The lowest BCUT2D eigenvalue weighted by Gasteiger charge is -2.25. The molecule has 0 spiro atoms. The van der Waals surface area contributed by atoms with E-state index >= 15 is 0 Å². The van der Waals surface area contributed by atoms with E-state index in [1.54, 1.807) is 17.3 Å². The molecule has 106 valence electrons. The molecule has 1 rings (SSSR count). The van der Waals surface area contributed by atoms with Gasteiger partial charge in [-0.05, 0) is 24.0 Å². The molecule has 1 N–H and O–H groups in total. The van der Waals surface area contributed by atoms with Crippen LogP contribution >= 0.6 is 0 Å². The molecule has 19 heavy (non-hydrogen) atoms. The van der Waals surface area contributed by atoms with Gasteiger partial charge in [-0.3, -0.25) is 9.78 Å². The van der Waals surface area contributed by atoms with Crippen molar-refractivity contribution in [2.24, 2.45) is 0 Å². The van der Waals surface area contributed by atoms with Crippen LogP contribution in [-0.4, -0.2) is 34.0 Å². The summed E-state index contributed by atoms with van der Waals surface area (Å²) in [4.78, 5) is 17.3. The van der Waals surface area contributed by atoms with Crippen LogP contribution < -0.4 is 0 Å². The maximum atomic E-state index is 11.5. The van der Waals surface area contributed by atoms with Gasteiger partial charge in [0, 0.05) is 31.4 Å². The standard InChI is InChI=1S/C15H24N2O2/c1-5-8-17(12(4)18)10-15(19)14-9-16-7-6-13(14)11(2)3/h6-7,9,11,15,19H,5,8,10H2,1-4H3. The lowest BCUT2D eigenvalue weighted by Crippen LogP contribution is -2.33. The van der Waals surface area contributed by atoms with Crippen LogP contribution in [0.3, 0.4) is 0 Å². The lowest BCUT2D eigenvalue weighted by atomic mass is 9.96. The summed E-state index contributed by atoms with van der Waals surface area (Å²) in [7, 11) is 0. The summed E-state index contributed by atoms with van der Waals surface area (Å²) in [5, 5.41) is 10.4. The van der Waals surface area contributed by atoms with Gasteiger partial charge in [0.25, 0.3) is 0 Å². The van der Waals surface area contributed by atoms with Crippen molar-refractivity contribution in [1.82, 2.24) is 9.88 Å². The monoisotopic (exact) mass is 264 g/mol. The van der Waals surface area contributed by atoms with Gasteiger partial charge in [0.05, 0.1) is 12.6 Å². The fourth-order valence-corrected chi connectivity index (χ4v) is 2.18. The second kappa shape index (κ2) is 7.24. The molecule has 1 aromatic heterocycles. The molecule has 4 nitrogen and oxygen atoms in total. The predicted molar refractivity (Wildman–Crippen MR) is 75.8 cm³/mol. The zero-order valence-corrected chi connectivity index (χ0v) is 12.3. The minimum Gasteiger partial charge on any atom is -0.386 e. The molecule has 1 amide bonds. The van der Waals surface area contributed by atoms with E-state index in [-0.39, 0.29) is 5.91 Å². The van der Waals surface area contributed by atoms with Crippen LogP contribution in [0.15, 0.2) is 18.5 Å². The third-order valence-electron chi connectivity index (χ3n) is 3.20. The van der Waals surface area contributed by atoms with Gasteiger partial charge in [0.2, 0.25) is 5.91 Å². The van der Waals surface area contributed by atoms with Crippen LogP contribution in [0.2, 0.25) is 0 Å². The van der Waals surface area contributed by atoms with Gasteiger partial charge in [0.1, 0.15) is 0 Å². The molecule has 0 saturated carbocycles. The predicted octanol–water partition coefficient (Wildman–Crippen LogP) is 2.50. The second-order valence-corrected chi connectivity index (χ2v) is 5.14. The molecule has 4 heteroatoms. The Morgan fingerprint density at radius 1 is 1.42 bits per heavy atom. The van der Waals surface area contributed by atoms with Crippen molar-refractivity contribution < 1.29 is 9.90 Å². The van der Waals surface area contributed by atoms with Crippen molar-refractivity contribution in [3.8, 4) is 0 Å². The summed E-state index contributed by atoms with van der Waals surface area (Å²) in [5.41, 5.74) is 1.90. The van der Waals surface area contributed by atoms with Crippen LogP contribution in [0.1, 0.15) is 57.3 Å². The maximum Gasteiger partial charge on any atom is 0.219 e. The smallest absolute Gasteiger partial charge is 0.219 e. The Hall–Kier alpha value is -1.42. The molecule has 0 aromatic carbocycles. The fourth-order valence-electron chi connectivity index (χ4n) is 2.18. The highest BCUT2D eigenvalue weighted by Crippen LogP contribution is 2.24. The third kappa shape index (κ3) is 4.31. The first kappa shape index (κ1) is 15.6. The minimum atomic E-state index is -0.679. The van der Waals surface area contributed by atoms with E-state index in [0.29, 0.717) is 19.0 Å². The quantitative estimate of drug-likeness (QED) is 0.859. The average Bonchev–Trinajstić information content (AvgIpc) is 2.37. The SMILES string of the molecule is CCCN(CC(O)c1cnccc1C(C)C)C(C)=O. The normalized spacial score (nSPS) is 12.5. The minimum absolute atomic E-state index is 0.00381. The number of hydrogen-bond donors (Lipinski definition) is 1. The van der Waals surface area contributed by atoms with Crippen LogP contribution in [0.25, 0.3) is 0 Å². The summed E-state index contributed by atoms with van der Waals surface area (Å²) in [6.07, 6.45) is 3.64. The van der Waals surface area contributed by atoms with Gasteiger partial charge < -0.3 is 10.0 Å². The second-order valence-electron chi connectivity index (χ2n) is 5.14. The number of pyridine rings is 1. The van der Waals surface area contributed by atoms with Gasteiger partial charge in [-0.25, -0.2) is 0 Å². The molecule has 1 atom stereocenters. The van der Waals surface area contributed by atoms with Crippen molar-refractivity contribution in [2.45, 2.75) is 46.1 Å². The van der Waals surface area contributed by atoms with E-state index in [0.717, 1.165) is 17.5 Å². The molecule has 1 aromatic rings. The van der Waals surface area contributed by atoms with Crippen LogP contribution in [0.5, 0.6) is 0 Å². The molecular weight excluding hydrogens is 240 g/mol. The van der Waals surface area contributed by atoms with Crippen molar-refractivity contribution in [3.63, 3.8) is 0 Å². The molecule has 0 aliphatic rings. The highest BCUT2D eigenvalue weighted by Gasteiger charge is 2.19. The first-order chi connectivity index (χ1) is 8.97. The zero-order chi connectivity index (χ0) is 14.4. The summed E-state index contributed by atoms with van der Waals surface area (Å²) in [6.45, 7) is 8.72. The first-order valence-electron chi connectivity index (χ1n) is 6.84. The highest BCUT2D eigenvalue weighted by atomic mass is 16.3. The van der Waals surface area contributed by atoms with Crippen LogP contribution in [0, 0.1) is 0 Å².